The number of nitrogens with zero attached hydrogens (tertiary/aromatic N) is 2. The smallest absolute Gasteiger partial charge is 0.225 e. The van der Waals surface area contributed by atoms with E-state index in [0.717, 1.165) is 38.1 Å². The molecule has 2 fully saturated rings. The van der Waals surface area contributed by atoms with Crippen LogP contribution < -0.4 is 4.74 Å². The summed E-state index contributed by atoms with van der Waals surface area (Å²) in [4.78, 5) is 17.4. The van der Waals surface area contributed by atoms with Gasteiger partial charge < -0.3 is 24.2 Å². The molecule has 5 rings (SSSR count). The molecule has 1 N–H and O–H groups in total. The molecule has 3 aliphatic heterocycles. The van der Waals surface area contributed by atoms with Crippen LogP contribution in [0.25, 0.3) is 0 Å². The highest BCUT2D eigenvalue weighted by Gasteiger charge is 2.38. The molecule has 35 heavy (non-hydrogen) atoms. The highest BCUT2D eigenvalue weighted by atomic mass is 16.5. The number of carbonyl (C=O) groups is 1. The van der Waals surface area contributed by atoms with Crippen molar-refractivity contribution in [3.05, 3.63) is 65.2 Å². The molecule has 2 aromatic rings. The predicted molar refractivity (Wildman–Crippen MR) is 132 cm³/mol. The number of carbonyl (C=O) groups excluding carboxylic acids is 1. The summed E-state index contributed by atoms with van der Waals surface area (Å²) in [5.74, 6) is 0.999. The first kappa shape index (κ1) is 24.3. The van der Waals surface area contributed by atoms with E-state index in [0.29, 0.717) is 32.7 Å². The van der Waals surface area contributed by atoms with Crippen molar-refractivity contribution in [2.45, 2.75) is 63.1 Å². The third-order valence-electron chi connectivity index (χ3n) is 7.52. The summed E-state index contributed by atoms with van der Waals surface area (Å²) in [6, 6.07) is 16.6. The Balaban J connectivity index is 1.21. The minimum absolute atomic E-state index is 0.100. The van der Waals surface area contributed by atoms with Crippen molar-refractivity contribution in [2.24, 2.45) is 0 Å². The van der Waals surface area contributed by atoms with Crippen molar-refractivity contribution in [2.75, 3.05) is 33.4 Å². The number of rotatable bonds is 5. The zero-order chi connectivity index (χ0) is 24.2. The van der Waals surface area contributed by atoms with Crippen LogP contribution in [-0.2, 0) is 33.8 Å². The number of fused-ring (bicyclic) bond motifs is 2. The van der Waals surface area contributed by atoms with E-state index in [1.165, 1.54) is 16.7 Å². The lowest BCUT2D eigenvalue weighted by molar-refractivity contribution is -0.161. The Hall–Kier alpha value is -2.45. The highest BCUT2D eigenvalue weighted by molar-refractivity contribution is 5.77. The summed E-state index contributed by atoms with van der Waals surface area (Å²) < 4.78 is 17.5. The summed E-state index contributed by atoms with van der Waals surface area (Å²) in [7, 11) is 1.67. The van der Waals surface area contributed by atoms with Crippen molar-refractivity contribution in [3.63, 3.8) is 0 Å². The molecule has 0 aromatic heterocycles. The third kappa shape index (κ3) is 5.86. The number of hydrogen-bond acceptors (Lipinski definition) is 6. The van der Waals surface area contributed by atoms with Gasteiger partial charge in [0.1, 0.15) is 5.75 Å². The van der Waals surface area contributed by atoms with Gasteiger partial charge in [0.05, 0.1) is 45.1 Å². The monoisotopic (exact) mass is 480 g/mol. The molecule has 3 heterocycles. The summed E-state index contributed by atoms with van der Waals surface area (Å²) in [5.41, 5.74) is 3.76. The van der Waals surface area contributed by atoms with Gasteiger partial charge in [-0.2, -0.15) is 0 Å². The number of β-amino-alcohol motifs (C(OH)–C–C–N with tert-alkyl or cyclic N) is 1. The molecule has 0 radical (unpaired) electrons. The molecule has 0 unspecified atom stereocenters. The van der Waals surface area contributed by atoms with Gasteiger partial charge in [0.2, 0.25) is 5.91 Å². The molecule has 0 saturated carbocycles. The topological polar surface area (TPSA) is 71.5 Å². The van der Waals surface area contributed by atoms with Gasteiger partial charge in [-0.1, -0.05) is 36.4 Å². The molecular weight excluding hydrogens is 444 g/mol. The summed E-state index contributed by atoms with van der Waals surface area (Å²) >= 11 is 0. The number of ether oxygens (including phenoxy) is 3. The Morgan fingerprint density at radius 3 is 2.69 bits per heavy atom. The lowest BCUT2D eigenvalue weighted by Gasteiger charge is -2.44. The second-order valence-electron chi connectivity index (χ2n) is 9.95. The fourth-order valence-corrected chi connectivity index (χ4v) is 5.63. The van der Waals surface area contributed by atoms with Crippen molar-refractivity contribution in [3.8, 4) is 5.75 Å². The van der Waals surface area contributed by atoms with Crippen LogP contribution in [0.4, 0.5) is 0 Å². The number of methoxy groups -OCH3 is 1. The van der Waals surface area contributed by atoms with Gasteiger partial charge >= 0.3 is 0 Å². The molecule has 3 aliphatic rings. The van der Waals surface area contributed by atoms with Crippen molar-refractivity contribution >= 4 is 5.91 Å². The second kappa shape index (κ2) is 11.1. The Morgan fingerprint density at radius 1 is 1.09 bits per heavy atom. The zero-order valence-electron chi connectivity index (χ0n) is 20.5. The molecule has 1 amide bonds. The molecule has 2 aromatic carbocycles. The maximum atomic E-state index is 13.1. The average molecular weight is 481 g/mol. The van der Waals surface area contributed by atoms with Crippen LogP contribution in [0.2, 0.25) is 0 Å². The van der Waals surface area contributed by atoms with E-state index in [1.54, 1.807) is 7.11 Å². The molecule has 0 bridgehead atoms. The first-order valence-corrected chi connectivity index (χ1v) is 12.7. The summed E-state index contributed by atoms with van der Waals surface area (Å²) in [5, 5.41) is 10.4. The number of benzene rings is 2. The van der Waals surface area contributed by atoms with E-state index in [2.05, 4.69) is 35.2 Å². The van der Waals surface area contributed by atoms with Crippen LogP contribution in [0.15, 0.2) is 48.5 Å². The van der Waals surface area contributed by atoms with Crippen molar-refractivity contribution in [1.29, 1.82) is 0 Å². The number of aliphatic hydroxyl groups is 1. The van der Waals surface area contributed by atoms with Gasteiger partial charge in [-0.05, 0) is 48.1 Å². The van der Waals surface area contributed by atoms with Crippen LogP contribution >= 0.6 is 0 Å². The molecule has 0 spiro atoms. The fourth-order valence-electron chi connectivity index (χ4n) is 5.63. The Kier molecular flexibility index (Phi) is 7.68. The van der Waals surface area contributed by atoms with Gasteiger partial charge in [0.15, 0.2) is 0 Å². The molecule has 188 valence electrons. The van der Waals surface area contributed by atoms with E-state index >= 15 is 0 Å². The molecule has 7 nitrogen and oxygen atoms in total. The normalized spacial score (nSPS) is 27.3. The van der Waals surface area contributed by atoms with E-state index in [4.69, 9.17) is 14.2 Å². The lowest BCUT2D eigenvalue weighted by Crippen LogP contribution is -2.55. The van der Waals surface area contributed by atoms with Crippen molar-refractivity contribution < 1.29 is 24.1 Å². The Labute approximate surface area is 207 Å². The average Bonchev–Trinajstić information content (AvgIpc) is 2.88. The van der Waals surface area contributed by atoms with Crippen LogP contribution in [0.1, 0.15) is 36.0 Å². The van der Waals surface area contributed by atoms with Crippen LogP contribution in [0.3, 0.4) is 0 Å². The Morgan fingerprint density at radius 2 is 1.89 bits per heavy atom. The first-order chi connectivity index (χ1) is 17.1. The largest absolute Gasteiger partial charge is 0.497 e. The van der Waals surface area contributed by atoms with Crippen LogP contribution in [-0.4, -0.2) is 78.6 Å². The van der Waals surface area contributed by atoms with Crippen molar-refractivity contribution in [1.82, 2.24) is 9.80 Å². The van der Waals surface area contributed by atoms with E-state index in [9.17, 15) is 9.90 Å². The lowest BCUT2D eigenvalue weighted by atomic mass is 9.93. The SMILES string of the molecule is COc1ccc(CN2C[C@@H](O)COC[C@H]3O[C@H](CC(=O)N4CCc5ccccc5C4)CC[C@@H]32)cc1. The van der Waals surface area contributed by atoms with E-state index < -0.39 is 6.10 Å². The predicted octanol–water partition coefficient (Wildman–Crippen LogP) is 2.78. The van der Waals surface area contributed by atoms with Gasteiger partial charge in [-0.25, -0.2) is 0 Å². The first-order valence-electron chi connectivity index (χ1n) is 12.7. The van der Waals surface area contributed by atoms with E-state index in [-0.39, 0.29) is 24.2 Å². The maximum Gasteiger partial charge on any atom is 0.225 e. The summed E-state index contributed by atoms with van der Waals surface area (Å²) in [6.45, 7) is 3.44. The number of aliphatic hydroxyl groups excluding tert-OH is 1. The highest BCUT2D eigenvalue weighted by Crippen LogP contribution is 2.30. The molecule has 4 atom stereocenters. The summed E-state index contributed by atoms with van der Waals surface area (Å²) in [6.07, 6.45) is 2.31. The molecule has 0 aliphatic carbocycles. The quantitative estimate of drug-likeness (QED) is 0.710. The number of amides is 1. The molecular formula is C28H36N2O5. The minimum atomic E-state index is -0.532. The van der Waals surface area contributed by atoms with Crippen LogP contribution in [0.5, 0.6) is 5.75 Å². The minimum Gasteiger partial charge on any atom is -0.497 e. The van der Waals surface area contributed by atoms with Crippen LogP contribution in [0, 0.1) is 0 Å². The van der Waals surface area contributed by atoms with Gasteiger partial charge in [-0.3, -0.25) is 9.69 Å². The number of hydrogen-bond donors (Lipinski definition) is 1. The van der Waals surface area contributed by atoms with Gasteiger partial charge in [0, 0.05) is 32.2 Å². The standard InChI is InChI=1S/C28H36N2O5/c1-33-24-8-6-20(7-9-24)15-30-17-23(31)18-34-19-27-26(30)11-10-25(35-27)14-28(32)29-13-12-21-4-2-3-5-22(21)16-29/h2-9,23,25-27,31H,10-19H2,1H3/t23-,25+,26+,27-/m1/s1. The maximum absolute atomic E-state index is 13.1. The second-order valence-corrected chi connectivity index (χ2v) is 9.95. The van der Waals surface area contributed by atoms with Gasteiger partial charge in [-0.15, -0.1) is 0 Å². The third-order valence-corrected chi connectivity index (χ3v) is 7.52. The fraction of sp³-hybridized carbons (Fsp3) is 0.536. The Bertz CT molecular complexity index is 997. The van der Waals surface area contributed by atoms with Gasteiger partial charge in [0.25, 0.3) is 0 Å². The molecule has 2 saturated heterocycles. The zero-order valence-corrected chi connectivity index (χ0v) is 20.5. The molecule has 7 heteroatoms. The van der Waals surface area contributed by atoms with E-state index in [1.807, 2.05) is 23.1 Å².